The van der Waals surface area contributed by atoms with E-state index in [-0.39, 0.29) is 24.1 Å². The normalized spacial score (nSPS) is 13.4. The smallest absolute Gasteiger partial charge is 0.261 e. The molecule has 2 aromatic rings. The maximum Gasteiger partial charge on any atom is 0.261 e. The number of anilines is 1. The highest BCUT2D eigenvalue weighted by atomic mass is 16.2. The molecule has 128 valence electrons. The molecule has 0 aliphatic carbocycles. The Morgan fingerprint density at radius 2 is 1.72 bits per heavy atom. The summed E-state index contributed by atoms with van der Waals surface area (Å²) in [6.45, 7) is 4.22. The van der Waals surface area contributed by atoms with Gasteiger partial charge in [0.2, 0.25) is 5.91 Å². The molecule has 1 aliphatic rings. The predicted molar refractivity (Wildman–Crippen MR) is 95.7 cm³/mol. The van der Waals surface area contributed by atoms with Crippen LogP contribution in [-0.2, 0) is 11.2 Å². The van der Waals surface area contributed by atoms with Crippen LogP contribution in [0, 0.1) is 0 Å². The third kappa shape index (κ3) is 3.18. The molecule has 0 atom stereocenters. The maximum absolute atomic E-state index is 12.3. The molecule has 0 radical (unpaired) electrons. The zero-order valence-corrected chi connectivity index (χ0v) is 14.5. The van der Waals surface area contributed by atoms with Crippen molar-refractivity contribution in [1.29, 1.82) is 0 Å². The summed E-state index contributed by atoms with van der Waals surface area (Å²) in [4.78, 5) is 37.7. The minimum Gasteiger partial charge on any atom is -0.326 e. The number of carbonyl (C=O) groups excluding carboxylic acids is 3. The van der Waals surface area contributed by atoms with E-state index in [1.807, 2.05) is 24.3 Å². The van der Waals surface area contributed by atoms with Gasteiger partial charge in [0, 0.05) is 12.7 Å². The summed E-state index contributed by atoms with van der Waals surface area (Å²) >= 11 is 0. The van der Waals surface area contributed by atoms with Crippen LogP contribution in [0.15, 0.2) is 42.5 Å². The van der Waals surface area contributed by atoms with E-state index in [9.17, 15) is 14.4 Å². The number of hydrogen-bond acceptors (Lipinski definition) is 3. The first-order valence-corrected chi connectivity index (χ1v) is 8.22. The topological polar surface area (TPSA) is 66.5 Å². The third-order valence-electron chi connectivity index (χ3n) is 4.42. The fourth-order valence-corrected chi connectivity index (χ4v) is 2.95. The van der Waals surface area contributed by atoms with Crippen LogP contribution in [0.4, 0.5) is 5.69 Å². The maximum atomic E-state index is 12.3. The number of rotatable bonds is 4. The van der Waals surface area contributed by atoms with E-state index in [0.717, 1.165) is 4.90 Å². The Balaban J connectivity index is 1.77. The number of nitrogens with one attached hydrogen (secondary N) is 1. The molecular formula is C20H20N2O3. The van der Waals surface area contributed by atoms with E-state index in [1.165, 1.54) is 12.6 Å². The summed E-state index contributed by atoms with van der Waals surface area (Å²) < 4.78 is 0. The molecule has 5 nitrogen and oxygen atoms in total. The summed E-state index contributed by atoms with van der Waals surface area (Å²) in [6.07, 6.45) is 0.0436. The molecule has 1 N–H and O–H groups in total. The Morgan fingerprint density at radius 3 is 2.36 bits per heavy atom. The second kappa shape index (κ2) is 6.51. The standard InChI is InChI=1S/C20H20N2O3/c1-12(2)13-7-9-15(10-8-13)21-17(23)11-14-5-4-6-16-18(14)20(25)22(3)19(16)24/h4-10,12H,11H2,1-3H3,(H,21,23). The minimum absolute atomic E-state index is 0.0436. The monoisotopic (exact) mass is 336 g/mol. The number of fused-ring (bicyclic) bond motifs is 1. The Kier molecular flexibility index (Phi) is 4.40. The Labute approximate surface area is 146 Å². The summed E-state index contributed by atoms with van der Waals surface area (Å²) in [5.74, 6) is -0.478. The molecular weight excluding hydrogens is 316 g/mol. The second-order valence-corrected chi connectivity index (χ2v) is 6.51. The van der Waals surface area contributed by atoms with Crippen molar-refractivity contribution in [1.82, 2.24) is 4.90 Å². The number of imide groups is 1. The lowest BCUT2D eigenvalue weighted by Gasteiger charge is -2.10. The van der Waals surface area contributed by atoms with Crippen LogP contribution in [0.1, 0.15) is 51.6 Å². The van der Waals surface area contributed by atoms with Crippen molar-refractivity contribution in [3.63, 3.8) is 0 Å². The van der Waals surface area contributed by atoms with Gasteiger partial charge in [-0.25, -0.2) is 0 Å². The Bertz CT molecular complexity index is 854. The van der Waals surface area contributed by atoms with E-state index in [2.05, 4.69) is 19.2 Å². The summed E-state index contributed by atoms with van der Waals surface area (Å²) in [5.41, 5.74) is 3.17. The van der Waals surface area contributed by atoms with Gasteiger partial charge in [0.1, 0.15) is 0 Å². The van der Waals surface area contributed by atoms with Crippen molar-refractivity contribution in [2.75, 3.05) is 12.4 Å². The van der Waals surface area contributed by atoms with E-state index in [0.29, 0.717) is 28.3 Å². The molecule has 0 bridgehead atoms. The van der Waals surface area contributed by atoms with Gasteiger partial charge in [-0.05, 0) is 35.2 Å². The first kappa shape index (κ1) is 16.9. The Hall–Kier alpha value is -2.95. The third-order valence-corrected chi connectivity index (χ3v) is 4.42. The Morgan fingerprint density at radius 1 is 1.04 bits per heavy atom. The zero-order chi connectivity index (χ0) is 18.1. The van der Waals surface area contributed by atoms with Crippen LogP contribution in [0.3, 0.4) is 0 Å². The summed E-state index contributed by atoms with van der Waals surface area (Å²) in [6, 6.07) is 12.7. The highest BCUT2D eigenvalue weighted by molar-refractivity contribution is 6.22. The molecule has 3 amide bonds. The first-order chi connectivity index (χ1) is 11.9. The molecule has 1 heterocycles. The van der Waals surface area contributed by atoms with Crippen molar-refractivity contribution < 1.29 is 14.4 Å². The van der Waals surface area contributed by atoms with Crippen LogP contribution in [0.5, 0.6) is 0 Å². The van der Waals surface area contributed by atoms with Crippen molar-refractivity contribution in [3.05, 3.63) is 64.7 Å². The second-order valence-electron chi connectivity index (χ2n) is 6.51. The molecule has 0 saturated carbocycles. The highest BCUT2D eigenvalue weighted by Gasteiger charge is 2.34. The van der Waals surface area contributed by atoms with Crippen LogP contribution in [0.2, 0.25) is 0 Å². The largest absolute Gasteiger partial charge is 0.326 e. The van der Waals surface area contributed by atoms with E-state index >= 15 is 0 Å². The van der Waals surface area contributed by atoms with Crippen molar-refractivity contribution in [2.24, 2.45) is 0 Å². The van der Waals surface area contributed by atoms with Crippen LogP contribution in [-0.4, -0.2) is 29.7 Å². The predicted octanol–water partition coefficient (Wildman–Crippen LogP) is 3.22. The lowest BCUT2D eigenvalue weighted by molar-refractivity contribution is -0.115. The molecule has 2 aromatic carbocycles. The molecule has 0 unspecified atom stereocenters. The molecule has 0 saturated heterocycles. The number of amides is 3. The van der Waals surface area contributed by atoms with Crippen LogP contribution in [0.25, 0.3) is 0 Å². The molecule has 1 aliphatic heterocycles. The first-order valence-electron chi connectivity index (χ1n) is 8.22. The fourth-order valence-electron chi connectivity index (χ4n) is 2.95. The number of benzene rings is 2. The zero-order valence-electron chi connectivity index (χ0n) is 14.5. The van der Waals surface area contributed by atoms with Gasteiger partial charge in [-0.1, -0.05) is 38.1 Å². The van der Waals surface area contributed by atoms with Gasteiger partial charge in [-0.2, -0.15) is 0 Å². The van der Waals surface area contributed by atoms with E-state index < -0.39 is 0 Å². The average molecular weight is 336 g/mol. The average Bonchev–Trinajstić information content (AvgIpc) is 2.81. The van der Waals surface area contributed by atoms with Crippen molar-refractivity contribution >= 4 is 23.4 Å². The van der Waals surface area contributed by atoms with Gasteiger partial charge in [-0.3, -0.25) is 19.3 Å². The SMILES string of the molecule is CC(C)c1ccc(NC(=O)Cc2cccc3c2C(=O)N(C)C3=O)cc1. The molecule has 3 rings (SSSR count). The molecule has 0 aromatic heterocycles. The van der Waals surface area contributed by atoms with E-state index in [1.54, 1.807) is 18.2 Å². The lowest BCUT2D eigenvalue weighted by atomic mass is 10.00. The summed E-state index contributed by atoms with van der Waals surface area (Å²) in [7, 11) is 1.45. The molecule has 0 spiro atoms. The molecule has 0 fully saturated rings. The van der Waals surface area contributed by atoms with Crippen molar-refractivity contribution in [3.8, 4) is 0 Å². The van der Waals surface area contributed by atoms with Crippen LogP contribution >= 0.6 is 0 Å². The van der Waals surface area contributed by atoms with Gasteiger partial charge in [-0.15, -0.1) is 0 Å². The fraction of sp³-hybridized carbons (Fsp3) is 0.250. The number of hydrogen-bond donors (Lipinski definition) is 1. The lowest BCUT2D eigenvalue weighted by Crippen LogP contribution is -2.24. The number of nitrogens with zero attached hydrogens (tertiary/aromatic N) is 1. The van der Waals surface area contributed by atoms with Crippen molar-refractivity contribution in [2.45, 2.75) is 26.2 Å². The quantitative estimate of drug-likeness (QED) is 0.872. The van der Waals surface area contributed by atoms with Gasteiger partial charge in [0.05, 0.1) is 17.5 Å². The van der Waals surface area contributed by atoms with Gasteiger partial charge >= 0.3 is 0 Å². The minimum atomic E-state index is -0.357. The van der Waals surface area contributed by atoms with E-state index in [4.69, 9.17) is 0 Å². The van der Waals surface area contributed by atoms with Gasteiger partial charge in [0.15, 0.2) is 0 Å². The van der Waals surface area contributed by atoms with Gasteiger partial charge < -0.3 is 5.32 Å². The molecule has 5 heteroatoms. The summed E-state index contributed by atoms with van der Waals surface area (Å²) in [5, 5.41) is 2.84. The van der Waals surface area contributed by atoms with Gasteiger partial charge in [0.25, 0.3) is 11.8 Å². The molecule has 25 heavy (non-hydrogen) atoms. The van der Waals surface area contributed by atoms with Crippen LogP contribution < -0.4 is 5.32 Å². The highest BCUT2D eigenvalue weighted by Crippen LogP contribution is 2.25. The number of carbonyl (C=O) groups is 3.